The number of hydrogen-bond acceptors (Lipinski definition) is 28. The molecule has 35 heteroatoms. The molecule has 1 unspecified atom stereocenters. The maximum absolute atomic E-state index is 12.4. The number of H-pyrrole nitrogens is 2. The maximum atomic E-state index is 12.4. The van der Waals surface area contributed by atoms with Crippen LogP contribution >= 0.6 is 0 Å². The average Bonchev–Trinajstić information content (AvgIpc) is 1.64. The summed E-state index contributed by atoms with van der Waals surface area (Å²) in [6.45, 7) is 4.27. The molecule has 6 fully saturated rings. The first kappa shape index (κ1) is 63.4. The summed E-state index contributed by atoms with van der Waals surface area (Å²) >= 11 is 0. The number of alkyl halides is 3. The Balaban J connectivity index is 0.000000114. The molecule has 490 valence electrons. The van der Waals surface area contributed by atoms with E-state index in [2.05, 4.69) is 70.9 Å². The zero-order chi connectivity index (χ0) is 66.7. The van der Waals surface area contributed by atoms with Gasteiger partial charge in [-0.3, -0.25) is 19.6 Å². The van der Waals surface area contributed by atoms with Crippen molar-refractivity contribution in [2.75, 3.05) is 35.0 Å². The lowest BCUT2D eigenvalue weighted by atomic mass is 10.1. The van der Waals surface area contributed by atoms with Gasteiger partial charge in [0, 0.05) is 47.8 Å². The first-order valence-corrected chi connectivity index (χ1v) is 30.2. The van der Waals surface area contributed by atoms with Crippen LogP contribution in [0.5, 0.6) is 5.88 Å². The molecule has 10 aromatic heterocycles. The number of ether oxygens (including phenoxy) is 5. The number of carboxylic acids is 1. The Bertz CT molecular complexity index is 4940. The zero-order valence-electron chi connectivity index (χ0n) is 49.6. The van der Waals surface area contributed by atoms with Gasteiger partial charge in [-0.05, 0) is 82.4 Å². The van der Waals surface area contributed by atoms with E-state index in [0.29, 0.717) is 91.2 Å². The molecule has 5 aliphatic carbocycles. The van der Waals surface area contributed by atoms with Crippen molar-refractivity contribution in [2.45, 2.75) is 105 Å². The number of aromatic nitrogens is 10. The largest absolute Gasteiger partial charge is 0.534 e. The van der Waals surface area contributed by atoms with Gasteiger partial charge < -0.3 is 55.6 Å². The van der Waals surface area contributed by atoms with Crippen LogP contribution in [-0.2, 0) is 33.8 Å². The summed E-state index contributed by atoms with van der Waals surface area (Å²) in [5, 5.41) is 31.2. The lowest BCUT2D eigenvalue weighted by molar-refractivity contribution is -0.0501. The number of nitrogens with zero attached hydrogens (tertiary/aromatic N) is 8. The number of carbonyl (C=O) groups excluding carboxylic acids is 4. The van der Waals surface area contributed by atoms with Gasteiger partial charge in [0.25, 0.3) is 28.3 Å². The predicted molar refractivity (Wildman–Crippen MR) is 311 cm³/mol. The second kappa shape index (κ2) is 25.1. The van der Waals surface area contributed by atoms with Gasteiger partial charge >= 0.3 is 45.5 Å². The second-order valence-electron chi connectivity index (χ2n) is 22.2. The summed E-state index contributed by atoms with van der Waals surface area (Å²) < 4.78 is 113. The molecule has 5 saturated carbocycles. The van der Waals surface area contributed by atoms with Gasteiger partial charge in [0.15, 0.2) is 0 Å². The number of aromatic amines is 2. The van der Waals surface area contributed by atoms with E-state index >= 15 is 0 Å². The molecule has 0 aromatic carbocycles. The SMILES string of the molecule is C=Cc1cc(C(=O)OC)c2c(C3CC3)noc2n1.COC(=O)c1cc(=O)[nH]c2onc(C3CC3)c12.COC(=O)c1cc(C2CO2)nc2onc(C3CC3)c12.COC(=O)c1cc(OS(=O)(=O)C(F)(F)F)nc2onc(C3CC3)c12.O=C(O)c1cc(=O)[nH]c2onc(C3CC3)c12. The number of hydrogen-bond donors (Lipinski definition) is 3. The van der Waals surface area contributed by atoms with E-state index in [-0.39, 0.29) is 63.1 Å². The number of epoxide rings is 1. The normalized spacial score (nSPS) is 16.5. The summed E-state index contributed by atoms with van der Waals surface area (Å²) in [5.41, 5.74) is -0.147. The number of carboxylic acid groups (broad SMARTS) is 1. The summed E-state index contributed by atoms with van der Waals surface area (Å²) in [6, 6.07) is 6.42. The number of halogens is 3. The third kappa shape index (κ3) is 13.1. The Morgan fingerprint density at radius 1 is 0.532 bits per heavy atom. The number of pyridine rings is 5. The van der Waals surface area contributed by atoms with Crippen LogP contribution in [0.25, 0.3) is 61.6 Å². The van der Waals surface area contributed by atoms with E-state index < -0.39 is 56.5 Å². The van der Waals surface area contributed by atoms with Crippen LogP contribution in [0.3, 0.4) is 0 Å². The van der Waals surface area contributed by atoms with Crippen LogP contribution in [0.2, 0.25) is 0 Å². The quantitative estimate of drug-likeness (QED) is 0.0300. The number of rotatable bonds is 14. The van der Waals surface area contributed by atoms with E-state index in [1.54, 1.807) is 18.2 Å². The summed E-state index contributed by atoms with van der Waals surface area (Å²) in [6.07, 6.45) is 11.5. The Hall–Kier alpha value is -10.7. The van der Waals surface area contributed by atoms with Gasteiger partial charge in [-0.1, -0.05) is 32.4 Å². The topological polar surface area (TPSA) is 433 Å². The molecule has 0 bridgehead atoms. The Morgan fingerprint density at radius 3 is 1.27 bits per heavy atom. The minimum atomic E-state index is -5.94. The van der Waals surface area contributed by atoms with Crippen LogP contribution in [0.4, 0.5) is 13.2 Å². The number of carbonyl (C=O) groups is 5. The van der Waals surface area contributed by atoms with Crippen LogP contribution in [-0.4, -0.2) is 135 Å². The second-order valence-corrected chi connectivity index (χ2v) is 23.8. The van der Waals surface area contributed by atoms with Crippen LogP contribution in [0, 0.1) is 0 Å². The van der Waals surface area contributed by atoms with E-state index in [0.717, 1.165) is 101 Å². The highest BCUT2D eigenvalue weighted by molar-refractivity contribution is 7.88. The number of aromatic carboxylic acids is 1. The fraction of sp³-hybridized carbons (Fsp3) is 0.373. The molecule has 0 spiro atoms. The van der Waals surface area contributed by atoms with Crippen molar-refractivity contribution in [1.82, 2.24) is 50.7 Å². The zero-order valence-corrected chi connectivity index (χ0v) is 50.5. The first-order chi connectivity index (χ1) is 45.0. The van der Waals surface area contributed by atoms with Crippen LogP contribution < -0.4 is 15.3 Å². The van der Waals surface area contributed by atoms with Gasteiger partial charge in [-0.25, -0.2) is 33.9 Å². The van der Waals surface area contributed by atoms with Gasteiger partial charge in [-0.2, -0.15) is 26.6 Å². The molecule has 1 atom stereocenters. The first-order valence-electron chi connectivity index (χ1n) is 28.8. The Labute approximate surface area is 523 Å². The molecule has 11 heterocycles. The van der Waals surface area contributed by atoms with Crippen molar-refractivity contribution >= 4 is 102 Å². The smallest absolute Gasteiger partial charge is 0.478 e. The highest BCUT2D eigenvalue weighted by Gasteiger charge is 2.49. The van der Waals surface area contributed by atoms with Gasteiger partial charge in [-0.15, -0.1) is 0 Å². The highest BCUT2D eigenvalue weighted by atomic mass is 32.2. The van der Waals surface area contributed by atoms with Crippen molar-refractivity contribution in [3.8, 4) is 5.88 Å². The van der Waals surface area contributed by atoms with Crippen molar-refractivity contribution < 1.29 is 101 Å². The third-order valence-electron chi connectivity index (χ3n) is 15.5. The number of methoxy groups -OCH3 is 4. The molecule has 16 rings (SSSR count). The Morgan fingerprint density at radius 2 is 0.883 bits per heavy atom. The van der Waals surface area contributed by atoms with Crippen molar-refractivity contribution in [1.29, 1.82) is 0 Å². The van der Waals surface area contributed by atoms with Gasteiger partial charge in [0.05, 0.1) is 130 Å². The van der Waals surface area contributed by atoms with E-state index in [1.165, 1.54) is 27.4 Å². The van der Waals surface area contributed by atoms with E-state index in [1.807, 2.05) is 0 Å². The summed E-state index contributed by atoms with van der Waals surface area (Å²) in [5.74, 6) is -2.97. The third-order valence-corrected chi connectivity index (χ3v) is 16.4. The lowest BCUT2D eigenvalue weighted by Crippen LogP contribution is -2.28. The molecular formula is C59H51F3N10O21S. The number of fused-ring (bicyclic) bond motifs is 5. The molecule has 3 N–H and O–H groups in total. The van der Waals surface area contributed by atoms with Gasteiger partial charge in [0.2, 0.25) is 17.3 Å². The molecular weight excluding hydrogens is 1270 g/mol. The number of esters is 4. The molecule has 1 saturated heterocycles. The minimum Gasteiger partial charge on any atom is -0.478 e. The molecule has 31 nitrogen and oxygen atoms in total. The molecule has 0 radical (unpaired) electrons. The van der Waals surface area contributed by atoms with E-state index in [9.17, 15) is 55.2 Å². The molecule has 1 aliphatic heterocycles. The maximum Gasteiger partial charge on any atom is 0.534 e. The molecule has 0 amide bonds. The molecule has 94 heavy (non-hydrogen) atoms. The fourth-order valence-corrected chi connectivity index (χ4v) is 10.5. The molecule has 10 aromatic rings. The summed E-state index contributed by atoms with van der Waals surface area (Å²) in [4.78, 5) is 98.0. The van der Waals surface area contributed by atoms with Crippen LogP contribution in [0.1, 0.15) is 192 Å². The lowest BCUT2D eigenvalue weighted by Gasteiger charge is -2.09. The van der Waals surface area contributed by atoms with Crippen molar-refractivity contribution in [3.63, 3.8) is 0 Å². The molecule has 6 aliphatic rings. The van der Waals surface area contributed by atoms with E-state index in [4.69, 9.17) is 41.9 Å². The fourth-order valence-electron chi connectivity index (χ4n) is 10.1. The van der Waals surface area contributed by atoms with Crippen molar-refractivity contribution in [2.24, 2.45) is 0 Å². The van der Waals surface area contributed by atoms with Gasteiger partial charge in [0.1, 0.15) is 6.10 Å². The Kier molecular flexibility index (Phi) is 16.9. The number of nitrogens with one attached hydrogen (secondary N) is 2. The summed E-state index contributed by atoms with van der Waals surface area (Å²) in [7, 11) is -0.883. The van der Waals surface area contributed by atoms with Crippen LogP contribution in [0.15, 0.2) is 69.1 Å². The highest BCUT2D eigenvalue weighted by Crippen LogP contribution is 2.48. The van der Waals surface area contributed by atoms with Crippen molar-refractivity contribution in [3.05, 3.63) is 125 Å². The standard InChI is InChI=1S/C13H12N2O4.C13H12N2O3.C12H9F3N2O6S.C11H10N2O4.C10H8N2O4/c1-17-13(16)7-4-8(9-5-18-9)14-12-10(7)11(15-19-12)6-2-3-6;1-3-8-6-9(13(16)17-2)10-11(7-4-5-7)15-18-12(10)14-8;1-21-11(18)6-4-7(23-24(19,20)12(13,14)15)16-10-8(6)9(17-22-10)5-2-3-5;1-16-11(15)6-4-7(14)12-10-8(6)9(13-17-10)5-2-3-5;13-6-3-5(10(14)15)7-8(4-1-2-4)12-16-9(7)11-6/h4,6,9H,2-3,5H2,1H3;3,6-7H,1,4-5H2,2H3;4-5H,2-3H2,1H3;4-5H,2-3H2,1H3,(H,12,14);3-4H,1-2H2,(H,11,13)(H,14,15). The monoisotopic (exact) mass is 1320 g/mol. The average molecular weight is 1330 g/mol. The minimum absolute atomic E-state index is 0.0396. The predicted octanol–water partition coefficient (Wildman–Crippen LogP) is 8.87.